The van der Waals surface area contributed by atoms with Crippen molar-refractivity contribution in [1.29, 1.82) is 0 Å². The Bertz CT molecular complexity index is 1280. The van der Waals surface area contributed by atoms with Crippen molar-refractivity contribution in [2.24, 2.45) is 0 Å². The van der Waals surface area contributed by atoms with Gasteiger partial charge in [0.05, 0.1) is 28.4 Å². The highest BCUT2D eigenvalue weighted by atomic mass is 16.5. The highest BCUT2D eigenvalue weighted by molar-refractivity contribution is 6.00. The molecule has 0 spiro atoms. The molecule has 0 saturated carbocycles. The van der Waals surface area contributed by atoms with Gasteiger partial charge in [-0.3, -0.25) is 4.79 Å². The first-order valence-electron chi connectivity index (χ1n) is 10.9. The molecule has 2 aliphatic rings. The second-order valence-corrected chi connectivity index (χ2v) is 8.20. The van der Waals surface area contributed by atoms with Crippen molar-refractivity contribution in [3.8, 4) is 23.0 Å². The molecule has 0 saturated heterocycles. The zero-order chi connectivity index (χ0) is 23.8. The molecular weight excluding hydrogens is 436 g/mol. The van der Waals surface area contributed by atoms with E-state index in [4.69, 9.17) is 18.9 Å². The van der Waals surface area contributed by atoms with Gasteiger partial charge >= 0.3 is 0 Å². The molecule has 1 aliphatic carbocycles. The largest absolute Gasteiger partial charge is 0.497 e. The molecule has 176 valence electrons. The molecule has 0 amide bonds. The molecule has 0 radical (unpaired) electrons. The van der Waals surface area contributed by atoms with Crippen molar-refractivity contribution >= 4 is 11.7 Å². The summed E-state index contributed by atoms with van der Waals surface area (Å²) >= 11 is 0. The van der Waals surface area contributed by atoms with Gasteiger partial charge in [-0.15, -0.1) is 0 Å². The second kappa shape index (κ2) is 8.74. The number of Topliss-reactive ketones (excluding diaryl/α,β-unsaturated/α-hetero) is 1. The zero-order valence-corrected chi connectivity index (χ0v) is 19.5. The number of hydrogen-bond acceptors (Lipinski definition) is 8. The predicted octanol–water partition coefficient (Wildman–Crippen LogP) is 3.73. The van der Waals surface area contributed by atoms with Crippen molar-refractivity contribution in [2.75, 3.05) is 33.8 Å². The molecule has 0 unspecified atom stereocenters. The van der Waals surface area contributed by atoms with Crippen LogP contribution in [0.4, 0.5) is 5.95 Å². The van der Waals surface area contributed by atoms with E-state index in [9.17, 15) is 4.79 Å². The van der Waals surface area contributed by atoms with Crippen LogP contribution in [0.25, 0.3) is 0 Å². The van der Waals surface area contributed by atoms with E-state index in [0.717, 1.165) is 16.8 Å². The Morgan fingerprint density at radius 1 is 0.912 bits per heavy atom. The number of anilines is 1. The molecule has 9 heteroatoms. The Balaban J connectivity index is 1.59. The van der Waals surface area contributed by atoms with Crippen LogP contribution in [0.5, 0.6) is 23.0 Å². The third-order valence-corrected chi connectivity index (χ3v) is 6.47. The Labute approximate surface area is 197 Å². The average molecular weight is 463 g/mol. The summed E-state index contributed by atoms with van der Waals surface area (Å²) in [5.74, 6) is 3.23. The van der Waals surface area contributed by atoms with Crippen molar-refractivity contribution in [1.82, 2.24) is 14.8 Å². The lowest BCUT2D eigenvalue weighted by atomic mass is 9.77. The number of rotatable bonds is 6. The number of methoxy groups -OCH3 is 4. The van der Waals surface area contributed by atoms with Crippen LogP contribution in [-0.4, -0.2) is 49.0 Å². The number of carbonyl (C=O) groups excluding carboxylic acids is 1. The lowest BCUT2D eigenvalue weighted by Crippen LogP contribution is -2.33. The molecule has 1 N–H and O–H groups in total. The van der Waals surface area contributed by atoms with Crippen molar-refractivity contribution in [3.63, 3.8) is 0 Å². The Morgan fingerprint density at radius 3 is 2.41 bits per heavy atom. The van der Waals surface area contributed by atoms with Gasteiger partial charge < -0.3 is 24.3 Å². The van der Waals surface area contributed by atoms with Crippen molar-refractivity contribution < 1.29 is 23.7 Å². The number of allylic oxidation sites excluding steroid dienone is 2. The van der Waals surface area contributed by atoms with Crippen LogP contribution in [0.15, 0.2) is 54.0 Å². The fourth-order valence-electron chi connectivity index (χ4n) is 4.83. The summed E-state index contributed by atoms with van der Waals surface area (Å²) < 4.78 is 23.7. The van der Waals surface area contributed by atoms with Crippen molar-refractivity contribution in [2.45, 2.75) is 24.8 Å². The normalized spacial score (nSPS) is 19.1. The molecule has 3 aromatic rings. The molecule has 2 aromatic carbocycles. The molecule has 5 rings (SSSR count). The van der Waals surface area contributed by atoms with Crippen LogP contribution < -0.4 is 24.3 Å². The zero-order valence-electron chi connectivity index (χ0n) is 19.5. The summed E-state index contributed by atoms with van der Waals surface area (Å²) in [6, 6.07) is 10.9. The van der Waals surface area contributed by atoms with E-state index >= 15 is 0 Å². The Kier molecular flexibility index (Phi) is 5.61. The highest BCUT2D eigenvalue weighted by Gasteiger charge is 2.40. The maximum Gasteiger partial charge on any atom is 0.226 e. The predicted molar refractivity (Wildman–Crippen MR) is 125 cm³/mol. The van der Waals surface area contributed by atoms with Crippen LogP contribution >= 0.6 is 0 Å². The van der Waals surface area contributed by atoms with E-state index in [0.29, 0.717) is 47.4 Å². The van der Waals surface area contributed by atoms with Crippen LogP contribution in [-0.2, 0) is 4.79 Å². The number of ketones is 1. The summed E-state index contributed by atoms with van der Waals surface area (Å²) in [7, 11) is 6.43. The third kappa shape index (κ3) is 3.53. The lowest BCUT2D eigenvalue weighted by Gasteiger charge is -2.35. The minimum Gasteiger partial charge on any atom is -0.497 e. The molecule has 0 bridgehead atoms. The summed E-state index contributed by atoms with van der Waals surface area (Å²) in [6.07, 6.45) is 2.49. The van der Waals surface area contributed by atoms with Gasteiger partial charge in [-0.05, 0) is 48.2 Å². The van der Waals surface area contributed by atoms with Gasteiger partial charge in [0.25, 0.3) is 0 Å². The molecule has 0 fully saturated rings. The number of nitrogens with one attached hydrogen (secondary N) is 1. The van der Waals surface area contributed by atoms with E-state index in [2.05, 4.69) is 15.4 Å². The number of carbonyl (C=O) groups is 1. The summed E-state index contributed by atoms with van der Waals surface area (Å²) in [6.45, 7) is 0. The SMILES string of the molecule is COc1ccc(OC)c([C@H]2C3=C(C[C@H](c4ccc(OC)c(OC)c4)CC3=O)Nc3ncnn32)c1. The summed E-state index contributed by atoms with van der Waals surface area (Å²) in [5.41, 5.74) is 3.31. The number of hydrogen-bond donors (Lipinski definition) is 1. The third-order valence-electron chi connectivity index (χ3n) is 6.47. The van der Waals surface area contributed by atoms with Crippen LogP contribution in [0, 0.1) is 0 Å². The van der Waals surface area contributed by atoms with E-state index in [1.54, 1.807) is 33.1 Å². The lowest BCUT2D eigenvalue weighted by molar-refractivity contribution is -0.116. The number of aromatic nitrogens is 3. The topological polar surface area (TPSA) is 96.7 Å². The van der Waals surface area contributed by atoms with E-state index in [1.165, 1.54) is 6.33 Å². The van der Waals surface area contributed by atoms with E-state index in [-0.39, 0.29) is 11.7 Å². The molecule has 2 atom stereocenters. The maximum absolute atomic E-state index is 13.7. The molecule has 1 aliphatic heterocycles. The quantitative estimate of drug-likeness (QED) is 0.592. The van der Waals surface area contributed by atoms with Crippen LogP contribution in [0.2, 0.25) is 0 Å². The number of ether oxygens (including phenoxy) is 4. The first-order chi connectivity index (χ1) is 16.6. The average Bonchev–Trinajstić information content (AvgIpc) is 3.34. The second-order valence-electron chi connectivity index (χ2n) is 8.20. The van der Waals surface area contributed by atoms with E-state index in [1.807, 2.05) is 36.4 Å². The smallest absolute Gasteiger partial charge is 0.226 e. The van der Waals surface area contributed by atoms with Gasteiger partial charge in [0.2, 0.25) is 5.95 Å². The molecule has 2 heterocycles. The van der Waals surface area contributed by atoms with Crippen LogP contribution in [0.1, 0.15) is 35.9 Å². The molecule has 34 heavy (non-hydrogen) atoms. The van der Waals surface area contributed by atoms with Crippen molar-refractivity contribution in [3.05, 3.63) is 65.1 Å². The number of fused-ring (bicyclic) bond motifs is 1. The first-order valence-corrected chi connectivity index (χ1v) is 10.9. The minimum atomic E-state index is -0.474. The fourth-order valence-corrected chi connectivity index (χ4v) is 4.83. The fraction of sp³-hybridized carbons (Fsp3) is 0.320. The number of benzene rings is 2. The molecule has 9 nitrogen and oxygen atoms in total. The number of nitrogens with zero attached hydrogens (tertiary/aromatic N) is 3. The van der Waals surface area contributed by atoms with Gasteiger partial charge in [0.15, 0.2) is 17.3 Å². The summed E-state index contributed by atoms with van der Waals surface area (Å²) in [5, 5.41) is 7.77. The Hall–Kier alpha value is -4.01. The standard InChI is InChI=1S/C25H26N4O5/c1-31-16-6-8-20(32-2)17(12-16)24-23-18(28-25-26-13-27-29(24)25)9-15(10-19(23)30)14-5-7-21(33-3)22(11-14)34-4/h5-8,11-13,15,24H,9-10H2,1-4H3,(H,26,27,28)/t15-,24-/m0/s1. The van der Waals surface area contributed by atoms with Gasteiger partial charge in [0.1, 0.15) is 23.9 Å². The Morgan fingerprint density at radius 2 is 1.68 bits per heavy atom. The summed E-state index contributed by atoms with van der Waals surface area (Å²) in [4.78, 5) is 18.1. The van der Waals surface area contributed by atoms with Gasteiger partial charge in [-0.2, -0.15) is 10.1 Å². The van der Waals surface area contributed by atoms with E-state index < -0.39 is 6.04 Å². The maximum atomic E-state index is 13.7. The first kappa shape index (κ1) is 21.8. The highest BCUT2D eigenvalue weighted by Crippen LogP contribution is 2.47. The molecular formula is C25H26N4O5. The van der Waals surface area contributed by atoms with Crippen LogP contribution in [0.3, 0.4) is 0 Å². The minimum absolute atomic E-state index is 0.0131. The van der Waals surface area contributed by atoms with Gasteiger partial charge in [0, 0.05) is 23.3 Å². The monoisotopic (exact) mass is 462 g/mol. The molecule has 1 aromatic heterocycles. The van der Waals surface area contributed by atoms with Gasteiger partial charge in [-0.25, -0.2) is 4.68 Å². The van der Waals surface area contributed by atoms with Gasteiger partial charge in [-0.1, -0.05) is 6.07 Å².